The zero-order valence-electron chi connectivity index (χ0n) is 7.27. The van der Waals surface area contributed by atoms with E-state index in [4.69, 9.17) is 0 Å². The van der Waals surface area contributed by atoms with Crippen LogP contribution in [-0.4, -0.2) is 20.8 Å². The second-order valence-electron chi connectivity index (χ2n) is 2.71. The molecule has 0 radical (unpaired) electrons. The third-order valence-electron chi connectivity index (χ3n) is 1.78. The predicted octanol–water partition coefficient (Wildman–Crippen LogP) is 1.71. The molecule has 0 aliphatic heterocycles. The summed E-state index contributed by atoms with van der Waals surface area (Å²) in [6.45, 7) is 0. The van der Waals surface area contributed by atoms with Gasteiger partial charge in [-0.15, -0.1) is 16.4 Å². The number of halogens is 1. The van der Waals surface area contributed by atoms with Gasteiger partial charge in [0.1, 0.15) is 5.69 Å². The van der Waals surface area contributed by atoms with Crippen LogP contribution in [0.3, 0.4) is 0 Å². The highest BCUT2D eigenvalue weighted by molar-refractivity contribution is 14.1. The zero-order valence-corrected chi connectivity index (χ0v) is 10.2. The Balaban J connectivity index is 2.38. The fourth-order valence-corrected chi connectivity index (χ4v) is 2.40. The smallest absolute Gasteiger partial charge is 0.213 e. The summed E-state index contributed by atoms with van der Waals surface area (Å²) in [5.74, 6) is -0.0309. The third-order valence-corrected chi connectivity index (χ3v) is 3.57. The molecule has 0 unspecified atom stereocenters. The van der Waals surface area contributed by atoms with Gasteiger partial charge in [0, 0.05) is 18.0 Å². The molecule has 6 heteroatoms. The van der Waals surface area contributed by atoms with E-state index in [0.717, 1.165) is 2.88 Å². The molecule has 2 aromatic heterocycles. The Hall–Kier alpha value is -0.760. The highest BCUT2D eigenvalue weighted by Gasteiger charge is 2.14. The summed E-state index contributed by atoms with van der Waals surface area (Å²) in [5.41, 5.74) is 1.21. The van der Waals surface area contributed by atoms with E-state index < -0.39 is 0 Å². The average molecular weight is 319 g/mol. The second kappa shape index (κ2) is 3.77. The number of carbonyl (C=O) groups excluding carboxylic acids is 1. The van der Waals surface area contributed by atoms with Crippen molar-refractivity contribution >= 4 is 39.7 Å². The standard InChI is InChI=1S/C8H6IN3OS/c1-12-6(3-10-11-12)8(13)5-2-7(9)14-4-5/h2-4H,1H3. The van der Waals surface area contributed by atoms with Gasteiger partial charge in [-0.1, -0.05) is 5.21 Å². The fourth-order valence-electron chi connectivity index (χ4n) is 1.07. The molecule has 2 aromatic rings. The molecule has 0 amide bonds. The fraction of sp³-hybridized carbons (Fsp3) is 0.125. The van der Waals surface area contributed by atoms with Crippen molar-refractivity contribution in [1.82, 2.24) is 15.0 Å². The van der Waals surface area contributed by atoms with Gasteiger partial charge in [-0.25, -0.2) is 4.68 Å². The minimum absolute atomic E-state index is 0.0309. The monoisotopic (exact) mass is 319 g/mol. The Morgan fingerprint density at radius 1 is 1.64 bits per heavy atom. The summed E-state index contributed by atoms with van der Waals surface area (Å²) >= 11 is 3.74. The molecule has 0 N–H and O–H groups in total. The van der Waals surface area contributed by atoms with Crippen LogP contribution in [0.4, 0.5) is 0 Å². The zero-order chi connectivity index (χ0) is 10.1. The minimum Gasteiger partial charge on any atom is -0.287 e. The summed E-state index contributed by atoms with van der Waals surface area (Å²) in [4.78, 5) is 11.8. The van der Waals surface area contributed by atoms with Crippen molar-refractivity contribution in [2.75, 3.05) is 0 Å². The normalized spacial score (nSPS) is 10.4. The van der Waals surface area contributed by atoms with Gasteiger partial charge in [0.15, 0.2) is 0 Å². The third kappa shape index (κ3) is 1.71. The summed E-state index contributed by atoms with van der Waals surface area (Å²) in [5, 5.41) is 9.23. The highest BCUT2D eigenvalue weighted by Crippen LogP contribution is 2.18. The molecule has 0 bridgehead atoms. The van der Waals surface area contributed by atoms with E-state index in [1.807, 2.05) is 11.4 Å². The highest BCUT2D eigenvalue weighted by atomic mass is 127. The maximum absolute atomic E-state index is 11.8. The first-order chi connectivity index (χ1) is 6.68. The van der Waals surface area contributed by atoms with Crippen molar-refractivity contribution in [3.8, 4) is 0 Å². The van der Waals surface area contributed by atoms with Crippen LogP contribution < -0.4 is 0 Å². The van der Waals surface area contributed by atoms with Crippen molar-refractivity contribution in [3.05, 3.63) is 31.8 Å². The second-order valence-corrected chi connectivity index (χ2v) is 5.52. The van der Waals surface area contributed by atoms with E-state index in [2.05, 4.69) is 32.9 Å². The average Bonchev–Trinajstić information content (AvgIpc) is 2.73. The number of nitrogens with zero attached hydrogens (tertiary/aromatic N) is 3. The van der Waals surface area contributed by atoms with E-state index in [-0.39, 0.29) is 5.78 Å². The molecule has 0 aliphatic carbocycles. The lowest BCUT2D eigenvalue weighted by Crippen LogP contribution is -2.07. The van der Waals surface area contributed by atoms with Crippen molar-refractivity contribution < 1.29 is 4.79 Å². The lowest BCUT2D eigenvalue weighted by Gasteiger charge is -1.95. The number of hydrogen-bond donors (Lipinski definition) is 0. The van der Waals surface area contributed by atoms with Gasteiger partial charge in [0.05, 0.1) is 9.08 Å². The van der Waals surface area contributed by atoms with Crippen LogP contribution in [-0.2, 0) is 7.05 Å². The number of rotatable bonds is 2. The first-order valence-electron chi connectivity index (χ1n) is 3.82. The molecule has 2 rings (SSSR count). The molecule has 72 valence electrons. The van der Waals surface area contributed by atoms with Gasteiger partial charge in [-0.3, -0.25) is 4.79 Å². The molecule has 4 nitrogen and oxygen atoms in total. The molecule has 0 atom stereocenters. The number of ketones is 1. The van der Waals surface area contributed by atoms with Crippen molar-refractivity contribution in [1.29, 1.82) is 0 Å². The molecule has 0 saturated carbocycles. The number of thiophene rings is 1. The van der Waals surface area contributed by atoms with Gasteiger partial charge in [-0.2, -0.15) is 0 Å². The van der Waals surface area contributed by atoms with Crippen molar-refractivity contribution in [2.24, 2.45) is 7.05 Å². The molecule has 0 fully saturated rings. The van der Waals surface area contributed by atoms with Gasteiger partial charge in [0.25, 0.3) is 0 Å². The number of aromatic nitrogens is 3. The van der Waals surface area contributed by atoms with Gasteiger partial charge in [0.2, 0.25) is 5.78 Å². The molecule has 0 spiro atoms. The number of carbonyl (C=O) groups is 1. The van der Waals surface area contributed by atoms with E-state index in [0.29, 0.717) is 11.3 Å². The van der Waals surface area contributed by atoms with Crippen molar-refractivity contribution in [2.45, 2.75) is 0 Å². The molecule has 0 aliphatic rings. The van der Waals surface area contributed by atoms with E-state index >= 15 is 0 Å². The lowest BCUT2D eigenvalue weighted by molar-refractivity contribution is 0.103. The minimum atomic E-state index is -0.0309. The lowest BCUT2D eigenvalue weighted by atomic mass is 10.2. The topological polar surface area (TPSA) is 47.8 Å². The summed E-state index contributed by atoms with van der Waals surface area (Å²) < 4.78 is 2.58. The number of hydrogen-bond acceptors (Lipinski definition) is 4. The van der Waals surface area contributed by atoms with Crippen molar-refractivity contribution in [3.63, 3.8) is 0 Å². The van der Waals surface area contributed by atoms with Crippen LogP contribution in [0, 0.1) is 2.88 Å². The first kappa shape index (κ1) is 9.78. The van der Waals surface area contributed by atoms with Gasteiger partial charge in [-0.05, 0) is 28.7 Å². The van der Waals surface area contributed by atoms with E-state index in [9.17, 15) is 4.79 Å². The summed E-state index contributed by atoms with van der Waals surface area (Å²) in [6.07, 6.45) is 1.48. The first-order valence-corrected chi connectivity index (χ1v) is 5.78. The Morgan fingerprint density at radius 3 is 2.93 bits per heavy atom. The summed E-state index contributed by atoms with van der Waals surface area (Å²) in [7, 11) is 1.71. The van der Waals surface area contributed by atoms with Crippen LogP contribution >= 0.6 is 33.9 Å². The molecule has 14 heavy (non-hydrogen) atoms. The van der Waals surface area contributed by atoms with E-state index in [1.165, 1.54) is 10.9 Å². The largest absolute Gasteiger partial charge is 0.287 e. The molecule has 0 aromatic carbocycles. The molecular formula is C8H6IN3OS. The predicted molar refractivity (Wildman–Crippen MR) is 61.5 cm³/mol. The maximum atomic E-state index is 11.8. The molecular weight excluding hydrogens is 313 g/mol. The maximum Gasteiger partial charge on any atom is 0.213 e. The summed E-state index contributed by atoms with van der Waals surface area (Å²) in [6, 6.07) is 1.86. The van der Waals surface area contributed by atoms with Gasteiger partial charge < -0.3 is 0 Å². The molecule has 2 heterocycles. The van der Waals surface area contributed by atoms with Crippen LogP contribution in [0.1, 0.15) is 16.1 Å². The molecule has 0 saturated heterocycles. The Bertz CT molecular complexity index is 476. The SMILES string of the molecule is Cn1nncc1C(=O)c1csc(I)c1. The van der Waals surface area contributed by atoms with Crippen LogP contribution in [0.25, 0.3) is 0 Å². The quantitative estimate of drug-likeness (QED) is 0.625. The number of aryl methyl sites for hydroxylation is 1. The van der Waals surface area contributed by atoms with Crippen LogP contribution in [0.2, 0.25) is 0 Å². The van der Waals surface area contributed by atoms with E-state index in [1.54, 1.807) is 18.4 Å². The Kier molecular flexibility index (Phi) is 2.64. The van der Waals surface area contributed by atoms with Crippen LogP contribution in [0.5, 0.6) is 0 Å². The Morgan fingerprint density at radius 2 is 2.43 bits per heavy atom. The van der Waals surface area contributed by atoms with Gasteiger partial charge >= 0.3 is 0 Å². The Labute approximate surface area is 98.1 Å². The van der Waals surface area contributed by atoms with Crippen LogP contribution in [0.15, 0.2) is 17.6 Å².